The molecule has 0 aromatic heterocycles. The summed E-state index contributed by atoms with van der Waals surface area (Å²) in [5, 5.41) is 8.15. The number of rotatable bonds is 9. The number of nitrogens with one attached hydrogen (secondary N) is 3. The molecule has 3 aromatic carbocycles. The van der Waals surface area contributed by atoms with E-state index < -0.39 is 29.3 Å². The fraction of sp³-hybridized carbons (Fsp3) is 0.333. The van der Waals surface area contributed by atoms with Crippen LogP contribution in [-0.4, -0.2) is 53.2 Å². The normalized spacial score (nSPS) is 11.2. The van der Waals surface area contributed by atoms with E-state index in [4.69, 9.17) is 9.47 Å². The van der Waals surface area contributed by atoms with Crippen molar-refractivity contribution in [2.45, 2.75) is 59.3 Å². The number of anilines is 2. The van der Waals surface area contributed by atoms with Gasteiger partial charge in [0.25, 0.3) is 11.8 Å². The fourth-order valence-corrected chi connectivity index (χ4v) is 3.92. The zero-order valence-corrected chi connectivity index (χ0v) is 25.5. The second-order valence-corrected chi connectivity index (χ2v) is 11.8. The minimum Gasteiger partial charge on any atom is -0.444 e. The van der Waals surface area contributed by atoms with Crippen LogP contribution < -0.4 is 16.0 Å². The number of alkyl carbamates (subject to hydrolysis) is 1. The first-order valence-electron chi connectivity index (χ1n) is 14.0. The van der Waals surface area contributed by atoms with Gasteiger partial charge in [-0.3, -0.25) is 14.9 Å². The molecule has 0 heterocycles. The van der Waals surface area contributed by atoms with Crippen LogP contribution in [0.15, 0.2) is 78.9 Å². The van der Waals surface area contributed by atoms with Gasteiger partial charge in [0.1, 0.15) is 11.2 Å². The number of carbonyl (C=O) groups excluding carboxylic acids is 4. The molecule has 0 saturated carbocycles. The summed E-state index contributed by atoms with van der Waals surface area (Å²) >= 11 is 0. The number of para-hydroxylation sites is 2. The third-order valence-corrected chi connectivity index (χ3v) is 5.76. The lowest BCUT2D eigenvalue weighted by Gasteiger charge is -2.24. The van der Waals surface area contributed by atoms with Crippen LogP contribution in [0.5, 0.6) is 0 Å². The van der Waals surface area contributed by atoms with Crippen molar-refractivity contribution < 1.29 is 28.7 Å². The number of hydrogen-bond acceptors (Lipinski definition) is 6. The van der Waals surface area contributed by atoms with E-state index in [1.165, 1.54) is 0 Å². The predicted molar refractivity (Wildman–Crippen MR) is 166 cm³/mol. The second kappa shape index (κ2) is 14.4. The highest BCUT2D eigenvalue weighted by molar-refractivity contribution is 6.07. The van der Waals surface area contributed by atoms with Gasteiger partial charge in [0.15, 0.2) is 0 Å². The third kappa shape index (κ3) is 11.1. The van der Waals surface area contributed by atoms with Gasteiger partial charge in [0.05, 0.1) is 11.4 Å². The van der Waals surface area contributed by atoms with Gasteiger partial charge in [-0.25, -0.2) is 9.59 Å². The van der Waals surface area contributed by atoms with Crippen molar-refractivity contribution in [1.82, 2.24) is 10.2 Å². The van der Waals surface area contributed by atoms with E-state index in [9.17, 15) is 19.2 Å². The molecule has 0 aliphatic rings. The fourth-order valence-electron chi connectivity index (χ4n) is 3.92. The van der Waals surface area contributed by atoms with E-state index >= 15 is 0 Å². The van der Waals surface area contributed by atoms with Crippen LogP contribution in [0.4, 0.5) is 21.0 Å². The Balaban J connectivity index is 1.69. The summed E-state index contributed by atoms with van der Waals surface area (Å²) in [6.07, 6.45) is -1.20. The van der Waals surface area contributed by atoms with E-state index in [2.05, 4.69) is 16.0 Å². The molecule has 0 aliphatic carbocycles. The lowest BCUT2D eigenvalue weighted by atomic mass is 10.1. The van der Waals surface area contributed by atoms with E-state index in [0.717, 1.165) is 5.56 Å². The number of hydrogen-bond donors (Lipinski definition) is 3. The monoisotopic (exact) mass is 588 g/mol. The van der Waals surface area contributed by atoms with Crippen LogP contribution in [0.25, 0.3) is 0 Å². The molecule has 0 saturated heterocycles. The van der Waals surface area contributed by atoms with Crippen LogP contribution in [0.2, 0.25) is 0 Å². The first kappa shape index (κ1) is 32.7. The molecule has 0 fully saturated rings. The lowest BCUT2D eigenvalue weighted by molar-refractivity contribution is 0.0511. The Morgan fingerprint density at radius 1 is 0.651 bits per heavy atom. The molecule has 0 atom stereocenters. The highest BCUT2D eigenvalue weighted by Gasteiger charge is 2.20. The first-order valence-corrected chi connectivity index (χ1v) is 14.0. The molecule has 0 radical (unpaired) electrons. The van der Waals surface area contributed by atoms with E-state index in [0.29, 0.717) is 29.0 Å². The molecule has 43 heavy (non-hydrogen) atoms. The number of ether oxygens (including phenoxy) is 2. The quantitative estimate of drug-likeness (QED) is 0.264. The predicted octanol–water partition coefficient (Wildman–Crippen LogP) is 6.45. The number of nitrogens with zero attached hydrogens (tertiary/aromatic N) is 1. The van der Waals surface area contributed by atoms with E-state index in [-0.39, 0.29) is 19.0 Å². The standard InChI is InChI=1S/C33H40N4O6/c1-32(2,3)42-30(40)34-20-21-37(22-23-12-8-7-9-13-23)29(39)25-18-16-24(17-19-25)28(38)35-26-14-10-11-15-27(26)36-31(41)43-33(4,5)6/h7-19H,20-22H2,1-6H3,(H,34,40)(H,35,38)(H,36,41). The summed E-state index contributed by atoms with van der Waals surface area (Å²) in [7, 11) is 0. The minimum absolute atomic E-state index is 0.199. The van der Waals surface area contributed by atoms with Crippen LogP contribution in [0.1, 0.15) is 67.8 Å². The van der Waals surface area contributed by atoms with Crippen LogP contribution in [0, 0.1) is 0 Å². The zero-order chi connectivity index (χ0) is 31.6. The Hall–Kier alpha value is -4.86. The first-order chi connectivity index (χ1) is 20.2. The van der Waals surface area contributed by atoms with Gasteiger partial charge >= 0.3 is 12.2 Å². The summed E-state index contributed by atoms with van der Waals surface area (Å²) in [6.45, 7) is 11.4. The zero-order valence-electron chi connectivity index (χ0n) is 25.5. The van der Waals surface area contributed by atoms with Crippen LogP contribution >= 0.6 is 0 Å². The Morgan fingerprint density at radius 2 is 1.16 bits per heavy atom. The van der Waals surface area contributed by atoms with Gasteiger partial charge in [0.2, 0.25) is 0 Å². The molecular weight excluding hydrogens is 548 g/mol. The average molecular weight is 589 g/mol. The molecular formula is C33H40N4O6. The van der Waals surface area contributed by atoms with E-state index in [1.807, 2.05) is 30.3 Å². The average Bonchev–Trinajstić information content (AvgIpc) is 2.92. The van der Waals surface area contributed by atoms with Crippen molar-refractivity contribution in [3.05, 3.63) is 95.6 Å². The number of carbonyl (C=O) groups is 4. The smallest absolute Gasteiger partial charge is 0.412 e. The summed E-state index contributed by atoms with van der Waals surface area (Å²) in [5.74, 6) is -0.672. The molecule has 10 heteroatoms. The molecule has 0 bridgehead atoms. The van der Waals surface area contributed by atoms with Gasteiger partial charge in [-0.05, 0) is 83.5 Å². The van der Waals surface area contributed by atoms with Crippen molar-refractivity contribution >= 4 is 35.4 Å². The van der Waals surface area contributed by atoms with Crippen molar-refractivity contribution in [2.24, 2.45) is 0 Å². The molecule has 3 rings (SSSR count). The summed E-state index contributed by atoms with van der Waals surface area (Å²) in [5.41, 5.74) is 1.11. The van der Waals surface area contributed by atoms with Crippen molar-refractivity contribution in [3.8, 4) is 0 Å². The maximum atomic E-state index is 13.5. The SMILES string of the molecule is CC(C)(C)OC(=O)NCCN(Cc1ccccc1)C(=O)c1ccc(C(=O)Nc2ccccc2NC(=O)OC(C)(C)C)cc1. The highest BCUT2D eigenvalue weighted by atomic mass is 16.6. The molecule has 3 N–H and O–H groups in total. The highest BCUT2D eigenvalue weighted by Crippen LogP contribution is 2.23. The van der Waals surface area contributed by atoms with Gasteiger partial charge in [-0.2, -0.15) is 0 Å². The molecule has 0 spiro atoms. The Labute approximate surface area is 252 Å². The number of amides is 4. The lowest BCUT2D eigenvalue weighted by Crippen LogP contribution is -2.40. The number of benzene rings is 3. The maximum absolute atomic E-state index is 13.5. The Morgan fingerprint density at radius 3 is 1.74 bits per heavy atom. The molecule has 0 aliphatic heterocycles. The van der Waals surface area contributed by atoms with Crippen molar-refractivity contribution in [1.29, 1.82) is 0 Å². The van der Waals surface area contributed by atoms with Crippen molar-refractivity contribution in [2.75, 3.05) is 23.7 Å². The van der Waals surface area contributed by atoms with Gasteiger partial charge in [-0.1, -0.05) is 42.5 Å². The van der Waals surface area contributed by atoms with Crippen LogP contribution in [0.3, 0.4) is 0 Å². The molecule has 10 nitrogen and oxygen atoms in total. The minimum atomic E-state index is -0.674. The van der Waals surface area contributed by atoms with Gasteiger partial charge in [-0.15, -0.1) is 0 Å². The largest absolute Gasteiger partial charge is 0.444 e. The maximum Gasteiger partial charge on any atom is 0.412 e. The summed E-state index contributed by atoms with van der Waals surface area (Å²) in [4.78, 5) is 52.5. The van der Waals surface area contributed by atoms with E-state index in [1.54, 1.807) is 95.0 Å². The van der Waals surface area contributed by atoms with Gasteiger partial charge in [0, 0.05) is 30.8 Å². The molecule has 0 unspecified atom stereocenters. The second-order valence-electron chi connectivity index (χ2n) is 11.8. The topological polar surface area (TPSA) is 126 Å². The van der Waals surface area contributed by atoms with Crippen LogP contribution in [-0.2, 0) is 16.0 Å². The Kier molecular flexibility index (Phi) is 10.9. The third-order valence-electron chi connectivity index (χ3n) is 5.76. The molecule has 3 aromatic rings. The van der Waals surface area contributed by atoms with Crippen molar-refractivity contribution in [3.63, 3.8) is 0 Å². The summed E-state index contributed by atoms with van der Waals surface area (Å²) in [6, 6.07) is 22.6. The van der Waals surface area contributed by atoms with Gasteiger partial charge < -0.3 is 25.0 Å². The summed E-state index contributed by atoms with van der Waals surface area (Å²) < 4.78 is 10.6. The molecule has 228 valence electrons. The molecule has 4 amide bonds. The Bertz CT molecular complexity index is 1410.